The zero-order valence-corrected chi connectivity index (χ0v) is 29.2. The van der Waals surface area contributed by atoms with Crippen LogP contribution in [0.2, 0.25) is 0 Å². The van der Waals surface area contributed by atoms with Gasteiger partial charge in [0.1, 0.15) is 0 Å². The molecule has 1 N–H and O–H groups in total. The molecule has 0 amide bonds. The minimum Gasteiger partial charge on any atom is -0.478 e. The van der Waals surface area contributed by atoms with E-state index in [0.717, 1.165) is 12.1 Å². The molecule has 5 atom stereocenters. The van der Waals surface area contributed by atoms with Gasteiger partial charge in [-0.15, -0.1) is 0 Å². The van der Waals surface area contributed by atoms with E-state index in [0.29, 0.717) is 29.2 Å². The number of benzene rings is 9. The van der Waals surface area contributed by atoms with Gasteiger partial charge in [0.05, 0.1) is 11.6 Å². The van der Waals surface area contributed by atoms with Gasteiger partial charge in [0.25, 0.3) is 0 Å². The Labute approximate surface area is 305 Å². The van der Waals surface area contributed by atoms with Crippen molar-refractivity contribution in [3.05, 3.63) is 117 Å². The van der Waals surface area contributed by atoms with Gasteiger partial charge in [0.2, 0.25) is 0 Å². The second-order valence-corrected chi connectivity index (χ2v) is 18.2. The lowest BCUT2D eigenvalue weighted by molar-refractivity contribution is 0.0696. The highest BCUT2D eigenvalue weighted by atomic mass is 16.4. The van der Waals surface area contributed by atoms with E-state index in [1.54, 1.807) is 70.7 Å². The van der Waals surface area contributed by atoms with Crippen LogP contribution < -0.4 is 0 Å². The van der Waals surface area contributed by atoms with Gasteiger partial charge in [0, 0.05) is 30.2 Å². The highest BCUT2D eigenvalue weighted by Gasteiger charge is 2.54. The molecule has 1 heterocycles. The van der Waals surface area contributed by atoms with E-state index in [9.17, 15) is 9.90 Å². The van der Waals surface area contributed by atoms with E-state index in [-0.39, 0.29) is 6.04 Å². The van der Waals surface area contributed by atoms with Gasteiger partial charge in [-0.3, -0.25) is 4.90 Å². The van der Waals surface area contributed by atoms with Crippen molar-refractivity contribution in [3.8, 4) is 0 Å². The van der Waals surface area contributed by atoms with E-state index < -0.39 is 5.97 Å². The monoisotopic (exact) mass is 683 g/mol. The number of rotatable bonds is 2. The number of carboxylic acid groups (broad SMARTS) is 1. The number of aryl methyl sites for hydroxylation is 1. The van der Waals surface area contributed by atoms with Gasteiger partial charge >= 0.3 is 5.97 Å². The van der Waals surface area contributed by atoms with Crippen LogP contribution in [0.25, 0.3) is 118 Å². The largest absolute Gasteiger partial charge is 0.478 e. The first-order valence-electron chi connectivity index (χ1n) is 19.8. The fourth-order valence-corrected chi connectivity index (χ4v) is 15.5. The van der Waals surface area contributed by atoms with E-state index in [2.05, 4.69) is 73.5 Å². The van der Waals surface area contributed by atoms with Gasteiger partial charge in [-0.2, -0.15) is 0 Å². The summed E-state index contributed by atoms with van der Waals surface area (Å²) < 4.78 is 0. The lowest BCUT2D eigenvalue weighted by atomic mass is 9.65. The molecule has 0 saturated carbocycles. The second kappa shape index (κ2) is 6.90. The van der Waals surface area contributed by atoms with Crippen molar-refractivity contribution in [3.63, 3.8) is 0 Å². The Morgan fingerprint density at radius 1 is 0.537 bits per heavy atom. The Balaban J connectivity index is 1.21. The highest BCUT2D eigenvalue weighted by molar-refractivity contribution is 6.64. The predicted molar refractivity (Wildman–Crippen MR) is 220 cm³/mol. The molecule has 0 fully saturated rings. The fraction of sp³-hybridized carbons (Fsp3) is 0.157. The molecule has 13 aromatic carbocycles. The zero-order valence-electron chi connectivity index (χ0n) is 29.2. The zero-order chi connectivity index (χ0) is 34.4. The van der Waals surface area contributed by atoms with E-state index in [1.165, 1.54) is 86.7 Å². The number of nitrogens with zero attached hydrogens (tertiary/aromatic N) is 1. The average molecular weight is 684 g/mol. The molecule has 0 spiro atoms. The van der Waals surface area contributed by atoms with Crippen LogP contribution in [0.15, 0.2) is 66.7 Å². The molecule has 0 aromatic heterocycles. The summed E-state index contributed by atoms with van der Waals surface area (Å²) in [5.41, 5.74) is 12.0. The molecule has 3 heteroatoms. The van der Waals surface area contributed by atoms with Crippen LogP contribution in [-0.2, 0) is 6.54 Å². The Morgan fingerprint density at radius 2 is 1.02 bits per heavy atom. The first-order valence-corrected chi connectivity index (χ1v) is 19.8. The SMILES string of the molecule is Cc1cc(C(=O)O)ccc1C1c2c(c3c4ccc5c6ccc7c8c9c%10c%11c%12c%13c(ccc%14c2c2c3c3c4c5c(c86)c%10c3c%11c2c%13%14)C2C=CC7C9C%122)CN1C. The van der Waals surface area contributed by atoms with Crippen molar-refractivity contribution < 1.29 is 9.90 Å². The van der Waals surface area contributed by atoms with Crippen molar-refractivity contribution >= 4 is 124 Å². The van der Waals surface area contributed by atoms with Crippen molar-refractivity contribution in [2.45, 2.75) is 43.2 Å². The van der Waals surface area contributed by atoms with Gasteiger partial charge in [-0.1, -0.05) is 54.6 Å². The smallest absolute Gasteiger partial charge is 0.335 e. The van der Waals surface area contributed by atoms with E-state index in [1.807, 2.05) is 12.1 Å². The first-order chi connectivity index (χ1) is 26.5. The Bertz CT molecular complexity index is 4070. The van der Waals surface area contributed by atoms with Gasteiger partial charge in [0.15, 0.2) is 0 Å². The lowest BCUT2D eigenvalue weighted by Crippen LogP contribution is -2.22. The fourth-order valence-electron chi connectivity index (χ4n) is 15.5. The standard InChI is InChI=1S/C51H25NO2/c1-15-13-16(51(53)54)3-4-17(15)50-37-26(14-52(50)2)27-24-11-9-22-20-7-5-18-19-6-8-21-23-10-12-25-35-33(23)41-31(21)29(19)39-28(18)30(20)40-32(22)34(24)42-38(27)44(36(25)37)43(35)49-47(41)45(39)46(40)48(42)49/h3-13,19,21,29,31,50H,14H2,1-2H3,(H,53,54). The third-order valence-corrected chi connectivity index (χ3v) is 16.7. The van der Waals surface area contributed by atoms with E-state index >= 15 is 0 Å². The molecule has 54 heavy (non-hydrogen) atoms. The highest BCUT2D eigenvalue weighted by Crippen LogP contribution is 2.75. The van der Waals surface area contributed by atoms with Gasteiger partial charge in [-0.05, 0) is 189 Å². The number of fused-ring (bicyclic) bond motifs is 8. The molecule has 5 aliphatic rings. The minimum atomic E-state index is -0.868. The number of allylic oxidation sites excluding steroid dienone is 2. The first kappa shape index (κ1) is 25.1. The average Bonchev–Trinajstić information content (AvgIpc) is 4.02. The number of hydrogen-bond acceptors (Lipinski definition) is 2. The second-order valence-electron chi connectivity index (χ2n) is 18.2. The molecule has 246 valence electrons. The molecule has 0 bridgehead atoms. The molecule has 0 saturated heterocycles. The molecule has 5 unspecified atom stereocenters. The van der Waals surface area contributed by atoms with Crippen molar-refractivity contribution in [2.75, 3.05) is 7.05 Å². The van der Waals surface area contributed by atoms with Crippen LogP contribution in [0.4, 0.5) is 0 Å². The Kier molecular flexibility index (Phi) is 3.20. The third-order valence-electron chi connectivity index (χ3n) is 16.7. The van der Waals surface area contributed by atoms with Crippen LogP contribution in [0.3, 0.4) is 0 Å². The van der Waals surface area contributed by atoms with E-state index in [4.69, 9.17) is 0 Å². The summed E-state index contributed by atoms with van der Waals surface area (Å²) in [4.78, 5) is 14.6. The molecule has 4 aliphatic carbocycles. The number of carboxylic acids is 1. The molecular weight excluding hydrogens is 659 g/mol. The predicted octanol–water partition coefficient (Wildman–Crippen LogP) is 12.4. The Hall–Kier alpha value is -6.03. The van der Waals surface area contributed by atoms with Crippen molar-refractivity contribution in [1.29, 1.82) is 0 Å². The summed E-state index contributed by atoms with van der Waals surface area (Å²) in [5, 5.41) is 43.5. The summed E-state index contributed by atoms with van der Waals surface area (Å²) in [6.07, 6.45) is 5.24. The quantitative estimate of drug-likeness (QED) is 0.146. The maximum absolute atomic E-state index is 12.1. The van der Waals surface area contributed by atoms with Gasteiger partial charge < -0.3 is 5.11 Å². The van der Waals surface area contributed by atoms with Crippen LogP contribution >= 0.6 is 0 Å². The summed E-state index contributed by atoms with van der Waals surface area (Å²) in [7, 11) is 2.28. The van der Waals surface area contributed by atoms with Crippen molar-refractivity contribution in [1.82, 2.24) is 4.90 Å². The van der Waals surface area contributed by atoms with Gasteiger partial charge in [-0.25, -0.2) is 4.79 Å². The van der Waals surface area contributed by atoms with Crippen LogP contribution in [0, 0.1) is 6.92 Å². The van der Waals surface area contributed by atoms with Crippen LogP contribution in [-0.4, -0.2) is 23.0 Å². The number of carbonyl (C=O) groups is 1. The van der Waals surface area contributed by atoms with Crippen molar-refractivity contribution in [2.24, 2.45) is 0 Å². The summed E-state index contributed by atoms with van der Waals surface area (Å²) in [6, 6.07) is 20.9. The molecule has 13 aromatic rings. The van der Waals surface area contributed by atoms with Crippen LogP contribution in [0.5, 0.6) is 0 Å². The molecule has 18 rings (SSSR count). The minimum absolute atomic E-state index is 0.0332. The summed E-state index contributed by atoms with van der Waals surface area (Å²) >= 11 is 0. The molecule has 3 nitrogen and oxygen atoms in total. The lowest BCUT2D eigenvalue weighted by Gasteiger charge is -2.37. The van der Waals surface area contributed by atoms with Crippen LogP contribution in [0.1, 0.15) is 84.6 Å². The maximum atomic E-state index is 12.1. The molecule has 0 radical (unpaired) electrons. The third kappa shape index (κ3) is 1.94. The Morgan fingerprint density at radius 3 is 1.70 bits per heavy atom. The number of aromatic carboxylic acids is 1. The summed E-state index contributed by atoms with van der Waals surface area (Å²) in [6.45, 7) is 2.97. The maximum Gasteiger partial charge on any atom is 0.335 e. The molecular formula is C51H25NO2. The topological polar surface area (TPSA) is 40.5 Å². The number of hydrogen-bond donors (Lipinski definition) is 1. The normalized spacial score (nSPS) is 24.2. The summed E-state index contributed by atoms with van der Waals surface area (Å²) in [5.74, 6) is 0.963. The molecule has 1 aliphatic heterocycles.